The summed E-state index contributed by atoms with van der Waals surface area (Å²) >= 11 is 0. The van der Waals surface area contributed by atoms with Crippen LogP contribution in [0.3, 0.4) is 0 Å². The minimum Gasteiger partial charge on any atom is -0.497 e. The van der Waals surface area contributed by atoms with Gasteiger partial charge >= 0.3 is 0 Å². The highest BCUT2D eigenvalue weighted by molar-refractivity contribution is 5.99. The van der Waals surface area contributed by atoms with E-state index in [1.54, 1.807) is 43.5 Å². The fourth-order valence-electron chi connectivity index (χ4n) is 1.61. The maximum absolute atomic E-state index is 12.0. The summed E-state index contributed by atoms with van der Waals surface area (Å²) in [5, 5.41) is 10.00. The van der Waals surface area contributed by atoms with Crippen LogP contribution in [-0.2, 0) is 0 Å². The average molecular weight is 243 g/mol. The van der Waals surface area contributed by atoms with Crippen molar-refractivity contribution in [2.24, 2.45) is 0 Å². The lowest BCUT2D eigenvalue weighted by Gasteiger charge is -2.10. The van der Waals surface area contributed by atoms with Crippen molar-refractivity contribution in [3.63, 3.8) is 0 Å². The summed E-state index contributed by atoms with van der Waals surface area (Å²) < 4.78 is 5.02. The van der Waals surface area contributed by atoms with Crippen LogP contribution in [0.1, 0.15) is 22.0 Å². The molecule has 1 heterocycles. The molecule has 0 bridgehead atoms. The third-order valence-corrected chi connectivity index (χ3v) is 2.64. The summed E-state index contributed by atoms with van der Waals surface area (Å²) in [7, 11) is 1.56. The first-order chi connectivity index (χ1) is 8.72. The number of Topliss-reactive ketones (excluding diaryl/α,β-unsaturated/α-hetero) is 1. The summed E-state index contributed by atoms with van der Waals surface area (Å²) in [6.45, 7) is 0. The molecule has 0 radical (unpaired) electrons. The Morgan fingerprint density at radius 2 is 1.78 bits per heavy atom. The van der Waals surface area contributed by atoms with Crippen LogP contribution in [0.4, 0.5) is 0 Å². The van der Waals surface area contributed by atoms with E-state index in [1.807, 2.05) is 0 Å². The minimum atomic E-state index is -1.17. The number of hydrogen-bond acceptors (Lipinski definition) is 4. The van der Waals surface area contributed by atoms with Crippen molar-refractivity contribution in [2.75, 3.05) is 7.11 Å². The van der Waals surface area contributed by atoms with Crippen LogP contribution in [0.2, 0.25) is 0 Å². The zero-order valence-corrected chi connectivity index (χ0v) is 9.91. The molecule has 0 aliphatic heterocycles. The molecule has 1 unspecified atom stereocenters. The van der Waals surface area contributed by atoms with Gasteiger partial charge in [0, 0.05) is 18.0 Å². The van der Waals surface area contributed by atoms with Crippen LogP contribution in [0.5, 0.6) is 5.75 Å². The molecular weight excluding hydrogens is 230 g/mol. The zero-order valence-electron chi connectivity index (χ0n) is 9.91. The second-order valence-corrected chi connectivity index (χ2v) is 3.78. The quantitative estimate of drug-likeness (QED) is 0.834. The van der Waals surface area contributed by atoms with Crippen LogP contribution < -0.4 is 4.74 Å². The normalized spacial score (nSPS) is 11.9. The number of ketones is 1. The van der Waals surface area contributed by atoms with Gasteiger partial charge in [0.1, 0.15) is 11.9 Å². The van der Waals surface area contributed by atoms with Gasteiger partial charge in [0.05, 0.1) is 7.11 Å². The fourth-order valence-corrected chi connectivity index (χ4v) is 1.61. The van der Waals surface area contributed by atoms with Crippen molar-refractivity contribution in [1.82, 2.24) is 4.98 Å². The molecule has 0 spiro atoms. The van der Waals surface area contributed by atoms with Crippen molar-refractivity contribution < 1.29 is 14.6 Å². The molecule has 0 saturated carbocycles. The lowest BCUT2D eigenvalue weighted by molar-refractivity contribution is 0.0747. The van der Waals surface area contributed by atoms with E-state index in [9.17, 15) is 9.90 Å². The zero-order chi connectivity index (χ0) is 13.0. The number of carbonyl (C=O) groups excluding carboxylic acids is 1. The second-order valence-electron chi connectivity index (χ2n) is 3.78. The van der Waals surface area contributed by atoms with E-state index < -0.39 is 6.10 Å². The number of rotatable bonds is 4. The van der Waals surface area contributed by atoms with E-state index in [-0.39, 0.29) is 5.78 Å². The van der Waals surface area contributed by atoms with Crippen molar-refractivity contribution in [3.8, 4) is 5.75 Å². The van der Waals surface area contributed by atoms with Gasteiger partial charge in [-0.15, -0.1) is 0 Å². The van der Waals surface area contributed by atoms with Gasteiger partial charge in [0.15, 0.2) is 5.78 Å². The third kappa shape index (κ3) is 2.55. The van der Waals surface area contributed by atoms with Crippen LogP contribution in [0.15, 0.2) is 48.8 Å². The summed E-state index contributed by atoms with van der Waals surface area (Å²) in [6.07, 6.45) is 1.88. The Kier molecular flexibility index (Phi) is 3.69. The molecule has 0 amide bonds. The molecule has 1 atom stereocenters. The van der Waals surface area contributed by atoms with Crippen LogP contribution in [-0.4, -0.2) is 23.0 Å². The number of methoxy groups -OCH3 is 1. The Balaban J connectivity index is 2.20. The monoisotopic (exact) mass is 243 g/mol. The fraction of sp³-hybridized carbons (Fsp3) is 0.143. The number of aliphatic hydroxyl groups is 1. The predicted molar refractivity (Wildman–Crippen MR) is 66.5 cm³/mol. The lowest BCUT2D eigenvalue weighted by atomic mass is 10.0. The van der Waals surface area contributed by atoms with Gasteiger partial charge < -0.3 is 9.84 Å². The highest BCUT2D eigenvalue weighted by Gasteiger charge is 2.18. The summed E-state index contributed by atoms with van der Waals surface area (Å²) in [4.78, 5) is 15.8. The number of benzene rings is 1. The molecule has 1 aromatic heterocycles. The minimum absolute atomic E-state index is 0.345. The molecule has 0 aliphatic carbocycles. The van der Waals surface area contributed by atoms with E-state index in [0.29, 0.717) is 16.9 Å². The number of carbonyl (C=O) groups is 1. The number of hydrogen-bond donors (Lipinski definition) is 1. The first-order valence-electron chi connectivity index (χ1n) is 5.48. The Labute approximate surface area is 105 Å². The Morgan fingerprint density at radius 3 is 2.33 bits per heavy atom. The van der Waals surface area contributed by atoms with Gasteiger partial charge in [-0.3, -0.25) is 9.78 Å². The Bertz CT molecular complexity index is 522. The van der Waals surface area contributed by atoms with Crippen LogP contribution >= 0.6 is 0 Å². The van der Waals surface area contributed by atoms with Crippen molar-refractivity contribution in [1.29, 1.82) is 0 Å². The number of aromatic nitrogens is 1. The van der Waals surface area contributed by atoms with Crippen molar-refractivity contribution in [2.45, 2.75) is 6.10 Å². The van der Waals surface area contributed by atoms with Crippen molar-refractivity contribution in [3.05, 3.63) is 59.9 Å². The molecule has 92 valence electrons. The summed E-state index contributed by atoms with van der Waals surface area (Å²) in [6, 6.07) is 9.91. The smallest absolute Gasteiger partial charge is 0.195 e. The van der Waals surface area contributed by atoms with Gasteiger partial charge in [-0.2, -0.15) is 0 Å². The molecule has 1 aromatic carbocycles. The van der Waals surface area contributed by atoms with E-state index in [2.05, 4.69) is 4.98 Å². The number of ether oxygens (including phenoxy) is 1. The Hall–Kier alpha value is -2.20. The second kappa shape index (κ2) is 5.42. The van der Waals surface area contributed by atoms with Crippen molar-refractivity contribution >= 4 is 5.78 Å². The maximum Gasteiger partial charge on any atom is 0.195 e. The first-order valence-corrected chi connectivity index (χ1v) is 5.48. The van der Waals surface area contributed by atoms with E-state index in [1.165, 1.54) is 12.4 Å². The van der Waals surface area contributed by atoms with Gasteiger partial charge in [0.25, 0.3) is 0 Å². The average Bonchev–Trinajstić information content (AvgIpc) is 2.47. The topological polar surface area (TPSA) is 59.4 Å². The molecule has 1 N–H and O–H groups in total. The maximum atomic E-state index is 12.0. The first kappa shape index (κ1) is 12.3. The lowest BCUT2D eigenvalue weighted by Crippen LogP contribution is -2.12. The van der Waals surface area contributed by atoms with E-state index >= 15 is 0 Å². The van der Waals surface area contributed by atoms with Gasteiger partial charge in [-0.1, -0.05) is 12.1 Å². The Morgan fingerprint density at radius 1 is 1.17 bits per heavy atom. The van der Waals surface area contributed by atoms with Gasteiger partial charge in [0.2, 0.25) is 0 Å². The number of aliphatic hydroxyl groups excluding tert-OH is 1. The van der Waals surface area contributed by atoms with E-state index in [4.69, 9.17) is 4.74 Å². The highest BCUT2D eigenvalue weighted by Crippen LogP contribution is 2.20. The molecule has 0 fully saturated rings. The molecule has 0 saturated heterocycles. The van der Waals surface area contributed by atoms with Crippen LogP contribution in [0.25, 0.3) is 0 Å². The molecular formula is C14H13NO3. The molecule has 0 aliphatic rings. The van der Waals surface area contributed by atoms with Crippen LogP contribution in [0, 0.1) is 0 Å². The summed E-state index contributed by atoms with van der Waals surface area (Å²) in [5.41, 5.74) is 0.978. The molecule has 2 rings (SSSR count). The van der Waals surface area contributed by atoms with Gasteiger partial charge in [-0.05, 0) is 29.8 Å². The SMILES string of the molecule is COc1ccc(C(O)C(=O)c2ccncc2)cc1. The number of nitrogens with zero attached hydrogens (tertiary/aromatic N) is 1. The molecule has 4 heteroatoms. The summed E-state index contributed by atoms with van der Waals surface area (Å²) in [5.74, 6) is 0.338. The molecule has 18 heavy (non-hydrogen) atoms. The third-order valence-electron chi connectivity index (χ3n) is 2.64. The number of pyridine rings is 1. The molecule has 2 aromatic rings. The van der Waals surface area contributed by atoms with E-state index in [0.717, 1.165) is 0 Å². The largest absolute Gasteiger partial charge is 0.497 e. The molecule has 4 nitrogen and oxygen atoms in total. The van der Waals surface area contributed by atoms with Gasteiger partial charge in [-0.25, -0.2) is 0 Å². The highest BCUT2D eigenvalue weighted by atomic mass is 16.5. The predicted octanol–water partition coefficient (Wildman–Crippen LogP) is 2.01. The standard InChI is InChI=1S/C14H13NO3/c1-18-12-4-2-10(3-5-12)13(16)14(17)11-6-8-15-9-7-11/h2-9,13,16H,1H3.